The van der Waals surface area contributed by atoms with E-state index in [4.69, 9.17) is 0 Å². The molecule has 0 aromatic rings. The van der Waals surface area contributed by atoms with Crippen LogP contribution >= 0.6 is 0 Å². The third-order valence-corrected chi connectivity index (χ3v) is 3.57. The topological polar surface area (TPSA) is 73.5 Å². The van der Waals surface area contributed by atoms with Crippen molar-refractivity contribution in [2.75, 3.05) is 32.7 Å². The van der Waals surface area contributed by atoms with Crippen molar-refractivity contribution < 1.29 is 9.59 Å². The Balaban J connectivity index is 1.74. The molecule has 6 nitrogen and oxygen atoms in total. The molecule has 0 aromatic carbocycles. The van der Waals surface area contributed by atoms with Crippen LogP contribution in [0.4, 0.5) is 0 Å². The predicted octanol–water partition coefficient (Wildman–Crippen LogP) is -1.33. The number of rotatable bonds is 4. The summed E-state index contributed by atoms with van der Waals surface area (Å²) in [6, 6.07) is 0.333. The molecule has 0 bridgehead atoms. The molecule has 2 aliphatic heterocycles. The number of amides is 2. The van der Waals surface area contributed by atoms with Gasteiger partial charge in [-0.25, -0.2) is 0 Å². The van der Waals surface area contributed by atoms with E-state index in [1.807, 2.05) is 6.92 Å². The summed E-state index contributed by atoms with van der Waals surface area (Å²) in [5.74, 6) is 0.0281. The Morgan fingerprint density at radius 3 is 3.00 bits per heavy atom. The van der Waals surface area contributed by atoms with E-state index in [0.29, 0.717) is 13.0 Å². The fraction of sp³-hybridized carbons (Fsp3) is 0.833. The Kier molecular flexibility index (Phi) is 4.54. The van der Waals surface area contributed by atoms with Gasteiger partial charge in [0.2, 0.25) is 11.8 Å². The van der Waals surface area contributed by atoms with E-state index >= 15 is 0 Å². The van der Waals surface area contributed by atoms with Crippen molar-refractivity contribution >= 4 is 11.8 Å². The molecule has 2 fully saturated rings. The van der Waals surface area contributed by atoms with Crippen molar-refractivity contribution in [2.45, 2.75) is 31.8 Å². The largest absolute Gasteiger partial charge is 0.350 e. The minimum Gasteiger partial charge on any atom is -0.350 e. The lowest BCUT2D eigenvalue weighted by atomic mass is 10.1. The van der Waals surface area contributed by atoms with Gasteiger partial charge < -0.3 is 20.9 Å². The van der Waals surface area contributed by atoms with Crippen LogP contribution in [0.15, 0.2) is 0 Å². The van der Waals surface area contributed by atoms with Gasteiger partial charge in [-0.05, 0) is 13.3 Å². The quantitative estimate of drug-likeness (QED) is 0.581. The molecule has 0 aliphatic carbocycles. The van der Waals surface area contributed by atoms with E-state index in [2.05, 4.69) is 16.0 Å². The van der Waals surface area contributed by atoms with E-state index < -0.39 is 0 Å². The molecule has 2 saturated heterocycles. The highest BCUT2D eigenvalue weighted by molar-refractivity contribution is 5.85. The van der Waals surface area contributed by atoms with Crippen LogP contribution in [0, 0.1) is 0 Å². The Hall–Kier alpha value is -1.14. The smallest absolute Gasteiger partial charge is 0.239 e. The lowest BCUT2D eigenvalue weighted by molar-refractivity contribution is -0.133. The minimum atomic E-state index is -0.0647. The Bertz CT molecular complexity index is 315. The van der Waals surface area contributed by atoms with E-state index in [1.54, 1.807) is 4.90 Å². The SMILES string of the molecule is CC(NC(=O)CN1CCCC1=O)C1CNCCN1. The fourth-order valence-electron chi connectivity index (χ4n) is 2.47. The highest BCUT2D eigenvalue weighted by Crippen LogP contribution is 2.08. The van der Waals surface area contributed by atoms with E-state index in [-0.39, 0.29) is 30.4 Å². The molecule has 2 heterocycles. The molecule has 0 aromatic heterocycles. The second-order valence-corrected chi connectivity index (χ2v) is 5.04. The highest BCUT2D eigenvalue weighted by Gasteiger charge is 2.25. The average Bonchev–Trinajstić information content (AvgIpc) is 2.76. The third kappa shape index (κ3) is 3.43. The fourth-order valence-corrected chi connectivity index (χ4v) is 2.47. The zero-order chi connectivity index (χ0) is 13.0. The van der Waals surface area contributed by atoms with Crippen molar-refractivity contribution in [1.29, 1.82) is 0 Å². The van der Waals surface area contributed by atoms with Gasteiger partial charge >= 0.3 is 0 Å². The first-order chi connectivity index (χ1) is 8.66. The summed E-state index contributed by atoms with van der Waals surface area (Å²) < 4.78 is 0. The maximum Gasteiger partial charge on any atom is 0.239 e. The van der Waals surface area contributed by atoms with Crippen molar-refractivity contribution in [1.82, 2.24) is 20.9 Å². The molecule has 2 rings (SSSR count). The minimum absolute atomic E-state index is 0.0647. The number of carbonyl (C=O) groups excluding carboxylic acids is 2. The molecule has 6 heteroatoms. The van der Waals surface area contributed by atoms with Gasteiger partial charge in [-0.15, -0.1) is 0 Å². The zero-order valence-corrected chi connectivity index (χ0v) is 10.9. The first-order valence-corrected chi connectivity index (χ1v) is 6.68. The van der Waals surface area contributed by atoms with Crippen LogP contribution in [0.5, 0.6) is 0 Å². The Morgan fingerprint density at radius 2 is 2.39 bits per heavy atom. The Morgan fingerprint density at radius 1 is 1.56 bits per heavy atom. The van der Waals surface area contributed by atoms with Gasteiger partial charge in [0.05, 0.1) is 6.54 Å². The summed E-state index contributed by atoms with van der Waals surface area (Å²) in [5.41, 5.74) is 0. The molecule has 2 unspecified atom stereocenters. The lowest BCUT2D eigenvalue weighted by Gasteiger charge is -2.30. The summed E-state index contributed by atoms with van der Waals surface area (Å²) in [6.07, 6.45) is 1.45. The predicted molar refractivity (Wildman–Crippen MR) is 68.1 cm³/mol. The van der Waals surface area contributed by atoms with Crippen LogP contribution in [0.3, 0.4) is 0 Å². The summed E-state index contributed by atoms with van der Waals surface area (Å²) >= 11 is 0. The molecule has 0 spiro atoms. The first kappa shape index (κ1) is 13.3. The normalized spacial score (nSPS) is 26.2. The van der Waals surface area contributed by atoms with Crippen molar-refractivity contribution in [3.05, 3.63) is 0 Å². The maximum absolute atomic E-state index is 11.8. The van der Waals surface area contributed by atoms with Gasteiger partial charge in [0.25, 0.3) is 0 Å². The van der Waals surface area contributed by atoms with Crippen molar-refractivity contribution in [3.63, 3.8) is 0 Å². The number of hydrogen-bond acceptors (Lipinski definition) is 4. The molecule has 102 valence electrons. The van der Waals surface area contributed by atoms with Crippen LogP contribution < -0.4 is 16.0 Å². The molecule has 3 N–H and O–H groups in total. The number of nitrogens with zero attached hydrogens (tertiary/aromatic N) is 1. The molecular formula is C12H22N4O2. The highest BCUT2D eigenvalue weighted by atomic mass is 16.2. The summed E-state index contributed by atoms with van der Waals surface area (Å²) in [5, 5.41) is 9.62. The average molecular weight is 254 g/mol. The van der Waals surface area contributed by atoms with Gasteiger partial charge in [-0.3, -0.25) is 9.59 Å². The lowest BCUT2D eigenvalue weighted by Crippen LogP contribution is -2.58. The number of carbonyl (C=O) groups is 2. The van der Waals surface area contributed by atoms with Crippen LogP contribution in [0.25, 0.3) is 0 Å². The van der Waals surface area contributed by atoms with Crippen molar-refractivity contribution in [3.8, 4) is 0 Å². The maximum atomic E-state index is 11.8. The van der Waals surface area contributed by atoms with Crippen LogP contribution in [-0.2, 0) is 9.59 Å². The van der Waals surface area contributed by atoms with Gasteiger partial charge in [0.15, 0.2) is 0 Å². The van der Waals surface area contributed by atoms with Gasteiger partial charge in [0.1, 0.15) is 0 Å². The number of hydrogen-bond donors (Lipinski definition) is 3. The molecule has 18 heavy (non-hydrogen) atoms. The first-order valence-electron chi connectivity index (χ1n) is 6.68. The molecule has 0 radical (unpaired) electrons. The third-order valence-electron chi connectivity index (χ3n) is 3.57. The van der Waals surface area contributed by atoms with Gasteiger partial charge in [-0.2, -0.15) is 0 Å². The monoisotopic (exact) mass is 254 g/mol. The van der Waals surface area contributed by atoms with Crippen LogP contribution in [0.2, 0.25) is 0 Å². The summed E-state index contributed by atoms with van der Waals surface area (Å²) in [6.45, 7) is 5.67. The summed E-state index contributed by atoms with van der Waals surface area (Å²) in [4.78, 5) is 24.9. The zero-order valence-electron chi connectivity index (χ0n) is 10.9. The van der Waals surface area contributed by atoms with E-state index in [0.717, 1.165) is 26.1 Å². The summed E-state index contributed by atoms with van der Waals surface area (Å²) in [7, 11) is 0. The van der Waals surface area contributed by atoms with Gasteiger partial charge in [0, 0.05) is 44.7 Å². The molecule has 2 amide bonds. The molecular weight excluding hydrogens is 232 g/mol. The van der Waals surface area contributed by atoms with E-state index in [9.17, 15) is 9.59 Å². The molecule has 2 atom stereocenters. The molecule has 2 aliphatic rings. The van der Waals surface area contributed by atoms with Gasteiger partial charge in [-0.1, -0.05) is 0 Å². The number of nitrogens with one attached hydrogen (secondary N) is 3. The van der Waals surface area contributed by atoms with Crippen molar-refractivity contribution in [2.24, 2.45) is 0 Å². The van der Waals surface area contributed by atoms with Crippen LogP contribution in [0.1, 0.15) is 19.8 Å². The van der Waals surface area contributed by atoms with Crippen LogP contribution in [-0.4, -0.2) is 61.5 Å². The second-order valence-electron chi connectivity index (χ2n) is 5.04. The van der Waals surface area contributed by atoms with E-state index in [1.165, 1.54) is 0 Å². The number of likely N-dealkylation sites (tertiary alicyclic amines) is 1. The molecule has 0 saturated carbocycles. The number of piperazine rings is 1. The Labute approximate surface area is 107 Å². The standard InChI is InChI=1S/C12H22N4O2/c1-9(10-7-13-4-5-14-10)15-11(17)8-16-6-2-3-12(16)18/h9-10,13-14H,2-8H2,1H3,(H,15,17). The second kappa shape index (κ2) is 6.15.